The molecular formula is C30H25N3O. The molecule has 1 aromatic heterocycles. The van der Waals surface area contributed by atoms with Gasteiger partial charge in [0.25, 0.3) is 0 Å². The van der Waals surface area contributed by atoms with Crippen LogP contribution in [0.15, 0.2) is 106 Å². The van der Waals surface area contributed by atoms with Gasteiger partial charge in [0, 0.05) is 41.2 Å². The molecule has 0 amide bonds. The second-order valence-electron chi connectivity index (χ2n) is 8.86. The normalized spacial score (nSPS) is 15.6. The van der Waals surface area contributed by atoms with Crippen molar-refractivity contribution in [1.29, 1.82) is 5.26 Å². The molecule has 0 bridgehead atoms. The minimum Gasteiger partial charge on any atom is -0.436 e. The topological polar surface area (TPSA) is 52.5 Å². The summed E-state index contributed by atoms with van der Waals surface area (Å²) in [7, 11) is 2.07. The lowest BCUT2D eigenvalue weighted by molar-refractivity contribution is 0.593. The van der Waals surface area contributed by atoms with Crippen molar-refractivity contribution < 1.29 is 4.42 Å². The van der Waals surface area contributed by atoms with Gasteiger partial charge in [-0.25, -0.2) is 4.99 Å². The number of furan rings is 1. The fourth-order valence-electron chi connectivity index (χ4n) is 4.76. The number of para-hydroxylation sites is 1. The van der Waals surface area contributed by atoms with Gasteiger partial charge in [-0.1, -0.05) is 92.7 Å². The third-order valence-corrected chi connectivity index (χ3v) is 6.46. The van der Waals surface area contributed by atoms with E-state index < -0.39 is 0 Å². The number of hydrogen-bond donors (Lipinski definition) is 0. The predicted molar refractivity (Wildman–Crippen MR) is 138 cm³/mol. The highest BCUT2D eigenvalue weighted by Gasteiger charge is 2.37. The smallest absolute Gasteiger partial charge is 0.238 e. The van der Waals surface area contributed by atoms with Crippen molar-refractivity contribution in [3.63, 3.8) is 0 Å². The van der Waals surface area contributed by atoms with Crippen LogP contribution in [0.5, 0.6) is 0 Å². The van der Waals surface area contributed by atoms with Gasteiger partial charge in [-0.15, -0.1) is 0 Å². The number of benzene rings is 3. The van der Waals surface area contributed by atoms with Crippen LogP contribution in [0.3, 0.4) is 0 Å². The first-order chi connectivity index (χ1) is 16.5. The average Bonchev–Trinajstić information content (AvgIpc) is 3.33. The highest BCUT2D eigenvalue weighted by molar-refractivity contribution is 5.89. The van der Waals surface area contributed by atoms with E-state index in [-0.39, 0.29) is 5.41 Å². The van der Waals surface area contributed by atoms with Gasteiger partial charge >= 0.3 is 0 Å². The summed E-state index contributed by atoms with van der Waals surface area (Å²) in [5, 5.41) is 10.1. The molecule has 1 aliphatic rings. The van der Waals surface area contributed by atoms with Crippen LogP contribution in [0.1, 0.15) is 25.0 Å². The van der Waals surface area contributed by atoms with E-state index in [0.717, 1.165) is 22.4 Å². The number of rotatable bonds is 4. The molecule has 4 aromatic rings. The maximum absolute atomic E-state index is 10.1. The highest BCUT2D eigenvalue weighted by atomic mass is 16.4. The first-order valence-corrected chi connectivity index (χ1v) is 11.3. The molecular weight excluding hydrogens is 418 g/mol. The molecule has 0 spiro atoms. The third kappa shape index (κ3) is 3.52. The summed E-state index contributed by atoms with van der Waals surface area (Å²) in [6.07, 6.45) is 3.75. The zero-order chi connectivity index (χ0) is 23.7. The number of likely N-dealkylation sites (N-methyl/N-ethyl adjacent to an activating group) is 1. The van der Waals surface area contributed by atoms with Crippen molar-refractivity contribution >= 4 is 17.8 Å². The van der Waals surface area contributed by atoms with Gasteiger partial charge < -0.3 is 9.32 Å². The fourth-order valence-corrected chi connectivity index (χ4v) is 4.76. The number of nitriles is 1. The van der Waals surface area contributed by atoms with Crippen molar-refractivity contribution in [3.05, 3.63) is 108 Å². The molecule has 0 unspecified atom stereocenters. The minimum absolute atomic E-state index is 0.150. The summed E-state index contributed by atoms with van der Waals surface area (Å²) < 4.78 is 6.22. The maximum Gasteiger partial charge on any atom is 0.238 e. The van der Waals surface area contributed by atoms with E-state index in [1.807, 2.05) is 66.7 Å². The predicted octanol–water partition coefficient (Wildman–Crippen LogP) is 7.50. The SMILES string of the molecule is CN1C(=CC=Nc2oc(-c3ccccc3)c(-c3ccccc3)c2C#N)C(C)(C)c2ccccc21. The number of allylic oxidation sites excluding steroid dienone is 2. The fraction of sp³-hybridized carbons (Fsp3) is 0.133. The second-order valence-corrected chi connectivity index (χ2v) is 8.86. The Balaban J connectivity index is 1.59. The van der Waals surface area contributed by atoms with Gasteiger partial charge in [0.05, 0.1) is 0 Å². The standard InChI is InChI=1S/C30H25N3O/c1-30(2)24-16-10-11-17-25(24)33(3)26(30)18-19-32-29-23(20-31)27(21-12-6-4-7-13-21)28(34-29)22-14-8-5-9-15-22/h4-19H,1-3H3. The number of nitrogens with zero attached hydrogens (tertiary/aromatic N) is 3. The van der Waals surface area contributed by atoms with Gasteiger partial charge in [-0.3, -0.25) is 0 Å². The van der Waals surface area contributed by atoms with Crippen molar-refractivity contribution in [1.82, 2.24) is 0 Å². The molecule has 3 aromatic carbocycles. The molecule has 4 nitrogen and oxygen atoms in total. The molecule has 0 N–H and O–H groups in total. The molecule has 1 aliphatic heterocycles. The highest BCUT2D eigenvalue weighted by Crippen LogP contribution is 2.46. The quantitative estimate of drug-likeness (QED) is 0.307. The molecule has 0 aliphatic carbocycles. The Morgan fingerprint density at radius 1 is 0.882 bits per heavy atom. The zero-order valence-electron chi connectivity index (χ0n) is 19.5. The molecule has 4 heteroatoms. The lowest BCUT2D eigenvalue weighted by atomic mass is 9.84. The van der Waals surface area contributed by atoms with Crippen molar-refractivity contribution in [2.24, 2.45) is 4.99 Å². The Morgan fingerprint density at radius 3 is 2.15 bits per heavy atom. The molecule has 0 atom stereocenters. The Labute approximate surface area is 200 Å². The maximum atomic E-state index is 10.1. The van der Waals surface area contributed by atoms with E-state index in [1.54, 1.807) is 6.21 Å². The van der Waals surface area contributed by atoms with Crippen molar-refractivity contribution in [2.45, 2.75) is 19.3 Å². The largest absolute Gasteiger partial charge is 0.436 e. The lowest BCUT2D eigenvalue weighted by Gasteiger charge is -2.23. The summed E-state index contributed by atoms with van der Waals surface area (Å²) in [6, 6.07) is 30.5. The first-order valence-electron chi connectivity index (χ1n) is 11.3. The van der Waals surface area contributed by atoms with Crippen LogP contribution < -0.4 is 4.90 Å². The van der Waals surface area contributed by atoms with Crippen LogP contribution in [0.25, 0.3) is 22.5 Å². The zero-order valence-corrected chi connectivity index (χ0v) is 19.5. The van der Waals surface area contributed by atoms with E-state index in [0.29, 0.717) is 17.2 Å². The Bertz CT molecular complexity index is 1440. The van der Waals surface area contributed by atoms with Crippen LogP contribution in [-0.4, -0.2) is 13.3 Å². The first kappa shape index (κ1) is 21.5. The number of hydrogen-bond acceptors (Lipinski definition) is 4. The van der Waals surface area contributed by atoms with E-state index in [2.05, 4.69) is 61.1 Å². The van der Waals surface area contributed by atoms with Gasteiger partial charge in [0.2, 0.25) is 5.88 Å². The van der Waals surface area contributed by atoms with Crippen LogP contribution in [0, 0.1) is 11.3 Å². The number of aliphatic imine (C=N–C) groups is 1. The molecule has 0 radical (unpaired) electrons. The van der Waals surface area contributed by atoms with Crippen molar-refractivity contribution in [3.8, 4) is 28.5 Å². The van der Waals surface area contributed by atoms with Crippen LogP contribution in [0.2, 0.25) is 0 Å². The molecule has 166 valence electrons. The monoisotopic (exact) mass is 443 g/mol. The number of fused-ring (bicyclic) bond motifs is 1. The third-order valence-electron chi connectivity index (χ3n) is 6.46. The Hall–Kier alpha value is -4.36. The van der Waals surface area contributed by atoms with E-state index in [4.69, 9.17) is 4.42 Å². The molecule has 34 heavy (non-hydrogen) atoms. The molecule has 5 rings (SSSR count). The van der Waals surface area contributed by atoms with Gasteiger partial charge in [-0.2, -0.15) is 5.26 Å². The summed E-state index contributed by atoms with van der Waals surface area (Å²) in [4.78, 5) is 6.81. The Kier molecular flexibility index (Phi) is 5.39. The molecule has 0 fully saturated rings. The molecule has 0 saturated carbocycles. The average molecular weight is 444 g/mol. The summed E-state index contributed by atoms with van der Waals surface area (Å²) in [6.45, 7) is 4.42. The van der Waals surface area contributed by atoms with Crippen LogP contribution >= 0.6 is 0 Å². The van der Waals surface area contributed by atoms with Gasteiger partial charge in [-0.05, 0) is 23.3 Å². The summed E-state index contributed by atoms with van der Waals surface area (Å²) in [5.74, 6) is 0.960. The second kappa shape index (κ2) is 8.53. The lowest BCUT2D eigenvalue weighted by Crippen LogP contribution is -2.23. The summed E-state index contributed by atoms with van der Waals surface area (Å²) >= 11 is 0. The van der Waals surface area contributed by atoms with Crippen molar-refractivity contribution in [2.75, 3.05) is 11.9 Å². The Morgan fingerprint density at radius 2 is 1.50 bits per heavy atom. The van der Waals surface area contributed by atoms with E-state index in [1.165, 1.54) is 11.3 Å². The minimum atomic E-state index is -0.150. The molecule has 2 heterocycles. The van der Waals surface area contributed by atoms with E-state index >= 15 is 0 Å². The van der Waals surface area contributed by atoms with Crippen LogP contribution in [0.4, 0.5) is 11.6 Å². The molecule has 0 saturated heterocycles. The van der Waals surface area contributed by atoms with E-state index in [9.17, 15) is 5.26 Å². The van der Waals surface area contributed by atoms with Gasteiger partial charge in [0.15, 0.2) is 0 Å². The van der Waals surface area contributed by atoms with Crippen LogP contribution in [-0.2, 0) is 5.41 Å². The van der Waals surface area contributed by atoms with Gasteiger partial charge in [0.1, 0.15) is 17.4 Å². The number of anilines is 1. The summed E-state index contributed by atoms with van der Waals surface area (Å²) in [5.41, 5.74) is 6.49.